The van der Waals surface area contributed by atoms with E-state index in [4.69, 9.17) is 0 Å². The van der Waals surface area contributed by atoms with Crippen molar-refractivity contribution in [2.75, 3.05) is 13.6 Å². The molecule has 1 aliphatic carbocycles. The topological polar surface area (TPSA) is 53.6 Å². The maximum Gasteiger partial charge on any atom is 0.387 e. The van der Waals surface area contributed by atoms with Gasteiger partial charge in [0.25, 0.3) is 5.91 Å². The van der Waals surface area contributed by atoms with Gasteiger partial charge in [0.2, 0.25) is 0 Å². The van der Waals surface area contributed by atoms with Gasteiger partial charge in [0.05, 0.1) is 0 Å². The van der Waals surface area contributed by atoms with Crippen LogP contribution >= 0.6 is 0 Å². The number of nitrogens with zero attached hydrogens (tertiary/aromatic N) is 1. The molecular formula is C16H21F2N3O2. The molecule has 1 saturated heterocycles. The van der Waals surface area contributed by atoms with Gasteiger partial charge in [-0.1, -0.05) is 6.07 Å². The van der Waals surface area contributed by atoms with Crippen LogP contribution in [-0.4, -0.2) is 43.1 Å². The van der Waals surface area contributed by atoms with E-state index in [1.54, 1.807) is 18.0 Å². The van der Waals surface area contributed by atoms with Gasteiger partial charge in [-0.15, -0.1) is 0 Å². The summed E-state index contributed by atoms with van der Waals surface area (Å²) >= 11 is 0. The van der Waals surface area contributed by atoms with Gasteiger partial charge < -0.3 is 9.64 Å². The van der Waals surface area contributed by atoms with Crippen LogP contribution in [0.1, 0.15) is 29.6 Å². The molecule has 2 atom stereocenters. The Hall–Kier alpha value is -1.73. The molecule has 0 bridgehead atoms. The lowest BCUT2D eigenvalue weighted by Gasteiger charge is -2.21. The highest BCUT2D eigenvalue weighted by Crippen LogP contribution is 2.35. The van der Waals surface area contributed by atoms with Gasteiger partial charge >= 0.3 is 6.61 Å². The van der Waals surface area contributed by atoms with Gasteiger partial charge in [-0.05, 0) is 43.4 Å². The molecule has 0 spiro atoms. The molecule has 1 aromatic rings. The maximum absolute atomic E-state index is 12.4. The quantitative estimate of drug-likeness (QED) is 0.840. The standard InChI is InChI=1S/C16H21F2N3O2/c1-21(9-12-8-14(20-19-12)10-5-6-10)15(22)11-3-2-4-13(7-11)23-16(17)18/h2-4,7,10,12,14,16,19-20H,5-6,8-9H2,1H3. The first-order valence-electron chi connectivity index (χ1n) is 7.84. The SMILES string of the molecule is CN(CC1CC(C2CC2)NN1)C(=O)c1cccc(OC(F)F)c1. The third-order valence-corrected chi connectivity index (χ3v) is 4.35. The Balaban J connectivity index is 1.56. The van der Waals surface area contributed by atoms with Crippen LogP contribution in [0.4, 0.5) is 8.78 Å². The summed E-state index contributed by atoms with van der Waals surface area (Å²) in [6.07, 6.45) is 3.55. The average molecular weight is 325 g/mol. The van der Waals surface area contributed by atoms with Crippen molar-refractivity contribution in [3.05, 3.63) is 29.8 Å². The Kier molecular flexibility index (Phi) is 4.77. The molecule has 5 nitrogen and oxygen atoms in total. The van der Waals surface area contributed by atoms with Crippen molar-refractivity contribution in [3.63, 3.8) is 0 Å². The number of benzene rings is 1. The van der Waals surface area contributed by atoms with Crippen molar-refractivity contribution in [1.29, 1.82) is 0 Å². The molecule has 1 saturated carbocycles. The Morgan fingerprint density at radius 3 is 2.87 bits per heavy atom. The van der Waals surface area contributed by atoms with Gasteiger partial charge in [0.1, 0.15) is 5.75 Å². The fraction of sp³-hybridized carbons (Fsp3) is 0.562. The molecular weight excluding hydrogens is 304 g/mol. The second-order valence-electron chi connectivity index (χ2n) is 6.26. The van der Waals surface area contributed by atoms with Crippen molar-refractivity contribution in [2.24, 2.45) is 5.92 Å². The molecule has 126 valence electrons. The summed E-state index contributed by atoms with van der Waals surface area (Å²) < 4.78 is 28.9. The first kappa shape index (κ1) is 16.1. The van der Waals surface area contributed by atoms with Crippen LogP contribution in [-0.2, 0) is 0 Å². The van der Waals surface area contributed by atoms with Gasteiger partial charge in [-0.25, -0.2) is 0 Å². The number of carbonyl (C=O) groups excluding carboxylic acids is 1. The number of amides is 1. The van der Waals surface area contributed by atoms with Gasteiger partial charge in [-0.3, -0.25) is 15.6 Å². The first-order chi connectivity index (χ1) is 11.0. The Labute approximate surface area is 134 Å². The third-order valence-electron chi connectivity index (χ3n) is 4.35. The number of likely N-dealkylation sites (N-methyl/N-ethyl adjacent to an activating group) is 1. The monoisotopic (exact) mass is 325 g/mol. The molecule has 2 aliphatic rings. The van der Waals surface area contributed by atoms with Crippen LogP contribution in [0.15, 0.2) is 24.3 Å². The summed E-state index contributed by atoms with van der Waals surface area (Å²) in [6.45, 7) is -2.33. The second-order valence-corrected chi connectivity index (χ2v) is 6.26. The summed E-state index contributed by atoms with van der Waals surface area (Å²) in [4.78, 5) is 14.0. The molecule has 0 aromatic heterocycles. The lowest BCUT2D eigenvalue weighted by Crippen LogP contribution is -2.41. The van der Waals surface area contributed by atoms with Crippen molar-refractivity contribution in [1.82, 2.24) is 15.8 Å². The summed E-state index contributed by atoms with van der Waals surface area (Å²) in [7, 11) is 1.72. The largest absolute Gasteiger partial charge is 0.435 e. The second kappa shape index (κ2) is 6.80. The number of halogens is 2. The van der Waals surface area contributed by atoms with E-state index in [-0.39, 0.29) is 17.7 Å². The van der Waals surface area contributed by atoms with Crippen molar-refractivity contribution in [2.45, 2.75) is 38.0 Å². The van der Waals surface area contributed by atoms with E-state index in [1.165, 1.54) is 31.0 Å². The molecule has 2 unspecified atom stereocenters. The minimum atomic E-state index is -2.90. The highest BCUT2D eigenvalue weighted by atomic mass is 19.3. The average Bonchev–Trinajstić information content (AvgIpc) is 3.26. The summed E-state index contributed by atoms with van der Waals surface area (Å²) in [5.74, 6) is 0.548. The fourth-order valence-corrected chi connectivity index (χ4v) is 3.02. The highest BCUT2D eigenvalue weighted by Gasteiger charge is 2.37. The molecule has 23 heavy (non-hydrogen) atoms. The number of hydrazine groups is 1. The van der Waals surface area contributed by atoms with E-state index >= 15 is 0 Å². The molecule has 2 N–H and O–H groups in total. The summed E-state index contributed by atoms with van der Waals surface area (Å²) in [5, 5.41) is 0. The van der Waals surface area contributed by atoms with Gasteiger partial charge in [-0.2, -0.15) is 8.78 Å². The smallest absolute Gasteiger partial charge is 0.387 e. The van der Waals surface area contributed by atoms with E-state index in [0.717, 1.165) is 12.3 Å². The maximum atomic E-state index is 12.4. The normalized spacial score (nSPS) is 24.0. The Morgan fingerprint density at radius 1 is 1.39 bits per heavy atom. The minimum Gasteiger partial charge on any atom is -0.435 e. The van der Waals surface area contributed by atoms with Crippen molar-refractivity contribution >= 4 is 5.91 Å². The number of nitrogens with one attached hydrogen (secondary N) is 2. The molecule has 0 radical (unpaired) electrons. The number of hydrogen-bond acceptors (Lipinski definition) is 4. The van der Waals surface area contributed by atoms with Crippen LogP contribution < -0.4 is 15.6 Å². The Bertz CT molecular complexity index is 566. The fourth-order valence-electron chi connectivity index (χ4n) is 3.02. The number of carbonyl (C=O) groups is 1. The van der Waals surface area contributed by atoms with Crippen LogP contribution in [0.3, 0.4) is 0 Å². The molecule has 1 aliphatic heterocycles. The van der Waals surface area contributed by atoms with E-state index in [9.17, 15) is 13.6 Å². The highest BCUT2D eigenvalue weighted by molar-refractivity contribution is 5.94. The number of hydrogen-bond donors (Lipinski definition) is 2. The van der Waals surface area contributed by atoms with Crippen LogP contribution in [0.2, 0.25) is 0 Å². The predicted molar refractivity (Wildman–Crippen MR) is 81.2 cm³/mol. The third kappa shape index (κ3) is 4.17. The van der Waals surface area contributed by atoms with Crippen LogP contribution in [0.5, 0.6) is 5.75 Å². The van der Waals surface area contributed by atoms with Crippen molar-refractivity contribution < 1.29 is 18.3 Å². The summed E-state index contributed by atoms with van der Waals surface area (Å²) in [6, 6.07) is 6.59. The van der Waals surface area contributed by atoms with Crippen LogP contribution in [0, 0.1) is 5.92 Å². The van der Waals surface area contributed by atoms with Crippen LogP contribution in [0.25, 0.3) is 0 Å². The summed E-state index contributed by atoms with van der Waals surface area (Å²) in [5.41, 5.74) is 6.87. The Morgan fingerprint density at radius 2 is 2.17 bits per heavy atom. The lowest BCUT2D eigenvalue weighted by atomic mass is 10.1. The number of alkyl halides is 2. The first-order valence-corrected chi connectivity index (χ1v) is 7.84. The molecule has 1 heterocycles. The number of rotatable bonds is 6. The molecule has 1 aromatic carbocycles. The zero-order chi connectivity index (χ0) is 16.4. The molecule has 7 heteroatoms. The predicted octanol–water partition coefficient (Wildman–Crippen LogP) is 2.01. The zero-order valence-electron chi connectivity index (χ0n) is 13.0. The molecule has 1 amide bonds. The van der Waals surface area contributed by atoms with E-state index in [0.29, 0.717) is 18.2 Å². The molecule has 3 rings (SSSR count). The van der Waals surface area contributed by atoms with E-state index in [2.05, 4.69) is 15.6 Å². The van der Waals surface area contributed by atoms with Gasteiger partial charge in [0, 0.05) is 31.2 Å². The lowest BCUT2D eigenvalue weighted by molar-refractivity contribution is -0.0499. The van der Waals surface area contributed by atoms with E-state index in [1.807, 2.05) is 0 Å². The van der Waals surface area contributed by atoms with E-state index < -0.39 is 6.61 Å². The zero-order valence-corrected chi connectivity index (χ0v) is 13.0. The van der Waals surface area contributed by atoms with Gasteiger partial charge in [0.15, 0.2) is 0 Å². The molecule has 2 fully saturated rings. The minimum absolute atomic E-state index is 0.00583. The number of ether oxygens (including phenoxy) is 1. The van der Waals surface area contributed by atoms with Crippen molar-refractivity contribution in [3.8, 4) is 5.75 Å².